The van der Waals surface area contributed by atoms with Crippen molar-refractivity contribution >= 4 is 33.9 Å². The molecule has 0 atom stereocenters. The number of fused-ring (bicyclic) bond motifs is 3. The number of pyridine rings is 1. The molecule has 5 rings (SSSR count). The maximum atomic E-state index is 13.3. The number of rotatable bonds is 2. The van der Waals surface area contributed by atoms with Gasteiger partial charge in [-0.25, -0.2) is 0 Å². The quantitative estimate of drug-likeness (QED) is 0.639. The van der Waals surface area contributed by atoms with Gasteiger partial charge in [0, 0.05) is 37.3 Å². The number of H-pyrrole nitrogens is 1. The first-order valence-corrected chi connectivity index (χ1v) is 11.3. The molecule has 2 aromatic heterocycles. The first kappa shape index (κ1) is 22.9. The van der Waals surface area contributed by atoms with E-state index in [4.69, 9.17) is 14.3 Å². The van der Waals surface area contributed by atoms with Gasteiger partial charge in [-0.2, -0.15) is 14.7 Å². The predicted octanol–water partition coefficient (Wildman–Crippen LogP) is 2.83. The minimum Gasteiger partial charge on any atom is -0.381 e. The van der Waals surface area contributed by atoms with Crippen LogP contribution in [0.15, 0.2) is 23.1 Å². The molecule has 0 bridgehead atoms. The molecule has 9 heteroatoms. The van der Waals surface area contributed by atoms with E-state index in [0.717, 1.165) is 60.8 Å². The average molecular weight is 453 g/mol. The summed E-state index contributed by atoms with van der Waals surface area (Å²) >= 11 is 0. The van der Waals surface area contributed by atoms with Crippen LogP contribution in [0.1, 0.15) is 54.6 Å². The van der Waals surface area contributed by atoms with Crippen LogP contribution in [0.25, 0.3) is 21.8 Å². The Balaban J connectivity index is 0.000000821. The third-order valence-electron chi connectivity index (χ3n) is 6.75. The number of hydrogen-bond acceptors (Lipinski definition) is 6. The lowest BCUT2D eigenvalue weighted by Crippen LogP contribution is -2.38. The number of nitrogens with one attached hydrogen (secondary N) is 1. The van der Waals surface area contributed by atoms with Crippen molar-refractivity contribution in [1.82, 2.24) is 19.7 Å². The highest BCUT2D eigenvalue weighted by atomic mass is 16.5. The topological polar surface area (TPSA) is 114 Å². The second kappa shape index (κ2) is 9.68. The van der Waals surface area contributed by atoms with Crippen LogP contribution in [0.5, 0.6) is 0 Å². The van der Waals surface area contributed by atoms with Gasteiger partial charge in [-0.1, -0.05) is 6.92 Å². The van der Waals surface area contributed by atoms with E-state index in [1.54, 1.807) is 6.20 Å². The summed E-state index contributed by atoms with van der Waals surface area (Å²) in [5, 5.41) is 6.03. The molecule has 2 aliphatic heterocycles. The molecule has 3 aromatic rings. The van der Waals surface area contributed by atoms with Crippen LogP contribution in [0, 0.1) is 12.8 Å². The van der Waals surface area contributed by atoms with Gasteiger partial charge in [0.15, 0.2) is 0 Å². The molecule has 0 spiro atoms. The Morgan fingerprint density at radius 3 is 2.45 bits per heavy atom. The second-order valence-corrected chi connectivity index (χ2v) is 8.92. The van der Waals surface area contributed by atoms with Crippen LogP contribution >= 0.6 is 0 Å². The molecule has 0 radical (unpaired) electrons. The Kier molecular flexibility index (Phi) is 6.72. The van der Waals surface area contributed by atoms with E-state index in [1.165, 1.54) is 0 Å². The van der Waals surface area contributed by atoms with E-state index in [1.807, 2.05) is 28.6 Å². The van der Waals surface area contributed by atoms with Crippen LogP contribution in [0.2, 0.25) is 0 Å². The van der Waals surface area contributed by atoms with E-state index in [9.17, 15) is 9.59 Å². The molecule has 0 saturated carbocycles. The zero-order chi connectivity index (χ0) is 23.5. The number of amides is 1. The molecule has 2 fully saturated rings. The van der Waals surface area contributed by atoms with Gasteiger partial charge < -0.3 is 14.6 Å². The van der Waals surface area contributed by atoms with Crippen LogP contribution in [0.4, 0.5) is 0 Å². The lowest BCUT2D eigenvalue weighted by atomic mass is 9.97. The Morgan fingerprint density at radius 1 is 1.12 bits per heavy atom. The molecule has 9 nitrogen and oxygen atoms in total. The molecular formula is C24H28N4O5. The molecule has 0 aliphatic carbocycles. The molecule has 1 aromatic carbocycles. The summed E-state index contributed by atoms with van der Waals surface area (Å²) in [6.07, 6.45) is 5.73. The minimum absolute atomic E-state index is 0.0813. The van der Waals surface area contributed by atoms with Crippen molar-refractivity contribution < 1.29 is 19.1 Å². The summed E-state index contributed by atoms with van der Waals surface area (Å²) in [6, 6.07) is 4.09. The summed E-state index contributed by atoms with van der Waals surface area (Å²) < 4.78 is 7.48. The molecule has 2 aliphatic rings. The fraction of sp³-hybridized carbons (Fsp3) is 0.500. The molecule has 33 heavy (non-hydrogen) atoms. The fourth-order valence-corrected chi connectivity index (χ4v) is 4.81. The number of aromatic nitrogens is 3. The smallest absolute Gasteiger partial charge is 0.373 e. The van der Waals surface area contributed by atoms with Crippen molar-refractivity contribution in [1.29, 1.82) is 0 Å². The van der Waals surface area contributed by atoms with Gasteiger partial charge in [-0.3, -0.25) is 14.3 Å². The number of ether oxygens (including phenoxy) is 1. The Bertz CT molecular complexity index is 1260. The predicted molar refractivity (Wildman–Crippen MR) is 121 cm³/mol. The van der Waals surface area contributed by atoms with Gasteiger partial charge >= 0.3 is 6.15 Å². The number of benzene rings is 1. The summed E-state index contributed by atoms with van der Waals surface area (Å²) in [5.41, 5.74) is 3.03. The number of carbonyl (C=O) groups is 1. The molecule has 1 N–H and O–H groups in total. The van der Waals surface area contributed by atoms with Crippen molar-refractivity contribution in [3.63, 3.8) is 0 Å². The van der Waals surface area contributed by atoms with Gasteiger partial charge in [0.1, 0.15) is 0 Å². The molecular weight excluding hydrogens is 424 g/mol. The number of hydrogen-bond donors (Lipinski definition) is 1. The van der Waals surface area contributed by atoms with E-state index in [0.29, 0.717) is 30.1 Å². The number of carbonyl (C=O) groups excluding carboxylic acids is 3. The summed E-state index contributed by atoms with van der Waals surface area (Å²) in [6.45, 7) is 7.19. The summed E-state index contributed by atoms with van der Waals surface area (Å²) in [4.78, 5) is 47.2. The maximum Gasteiger partial charge on any atom is 0.373 e. The normalized spacial score (nSPS) is 17.6. The first-order valence-electron chi connectivity index (χ1n) is 11.3. The number of aromatic amines is 1. The van der Waals surface area contributed by atoms with Gasteiger partial charge in [0.2, 0.25) is 0 Å². The second-order valence-electron chi connectivity index (χ2n) is 8.92. The highest BCUT2D eigenvalue weighted by Gasteiger charge is 2.25. The lowest BCUT2D eigenvalue weighted by molar-refractivity contribution is -0.191. The van der Waals surface area contributed by atoms with Crippen LogP contribution in [-0.4, -0.2) is 58.0 Å². The molecule has 2 saturated heterocycles. The molecule has 0 unspecified atom stereocenters. The van der Waals surface area contributed by atoms with Gasteiger partial charge in [0.05, 0.1) is 28.7 Å². The van der Waals surface area contributed by atoms with Crippen LogP contribution in [-0.2, 0) is 14.3 Å². The van der Waals surface area contributed by atoms with Crippen molar-refractivity contribution in [2.45, 2.75) is 45.6 Å². The van der Waals surface area contributed by atoms with Crippen LogP contribution in [0.3, 0.4) is 0 Å². The number of nitrogens with zero attached hydrogens (tertiary/aromatic N) is 3. The highest BCUT2D eigenvalue weighted by Crippen LogP contribution is 2.30. The summed E-state index contributed by atoms with van der Waals surface area (Å²) in [5.74, 6) is 0.753. The lowest BCUT2D eigenvalue weighted by Gasteiger charge is -2.30. The number of aryl methyl sites for hydroxylation is 1. The Labute approximate surface area is 190 Å². The number of likely N-dealkylation sites (tertiary alicyclic amines) is 1. The van der Waals surface area contributed by atoms with E-state index >= 15 is 0 Å². The van der Waals surface area contributed by atoms with Crippen LogP contribution < -0.4 is 5.56 Å². The van der Waals surface area contributed by atoms with Gasteiger partial charge in [0.25, 0.3) is 11.5 Å². The summed E-state index contributed by atoms with van der Waals surface area (Å²) in [7, 11) is 0. The van der Waals surface area contributed by atoms with Crippen molar-refractivity contribution in [2.75, 3.05) is 26.3 Å². The monoisotopic (exact) mass is 452 g/mol. The zero-order valence-electron chi connectivity index (χ0n) is 18.9. The van der Waals surface area contributed by atoms with Crippen molar-refractivity contribution in [2.24, 2.45) is 5.92 Å². The SMILES string of the molecule is Cc1cc2[nH]c(=O)c3cnn(C4CCOCC4)c3c2cc1C(=O)N1CCC(C)CC1.O=C=O. The van der Waals surface area contributed by atoms with E-state index < -0.39 is 0 Å². The first-order chi connectivity index (χ1) is 15.9. The third-order valence-corrected chi connectivity index (χ3v) is 6.75. The largest absolute Gasteiger partial charge is 0.381 e. The number of piperidine rings is 1. The Morgan fingerprint density at radius 2 is 1.79 bits per heavy atom. The van der Waals surface area contributed by atoms with Gasteiger partial charge in [-0.15, -0.1) is 0 Å². The molecule has 174 valence electrons. The van der Waals surface area contributed by atoms with E-state index in [-0.39, 0.29) is 23.7 Å². The third kappa shape index (κ3) is 4.47. The minimum atomic E-state index is -0.140. The zero-order valence-corrected chi connectivity index (χ0v) is 18.9. The maximum absolute atomic E-state index is 13.3. The average Bonchev–Trinajstić information content (AvgIpc) is 3.26. The van der Waals surface area contributed by atoms with E-state index in [2.05, 4.69) is 17.0 Å². The highest BCUT2D eigenvalue weighted by molar-refractivity contribution is 6.07. The Hall–Kier alpha value is -3.29. The molecule has 1 amide bonds. The van der Waals surface area contributed by atoms with Crippen molar-refractivity contribution in [3.05, 3.63) is 39.8 Å². The molecule has 4 heterocycles. The standard InChI is InChI=1S/C23H28N4O3.CO2/c1-14-3-7-26(8-4-14)23(29)17-12-18-20(11-15(17)2)25-22(28)19-13-24-27(21(18)19)16-5-9-30-10-6-16;2-1-3/h11-14,16H,3-10H2,1-2H3,(H,25,28);. The van der Waals surface area contributed by atoms with Gasteiger partial charge in [-0.05, 0) is 56.2 Å². The van der Waals surface area contributed by atoms with Crippen molar-refractivity contribution in [3.8, 4) is 0 Å². The fourth-order valence-electron chi connectivity index (χ4n) is 4.81.